The highest BCUT2D eigenvalue weighted by atomic mass is 32.2. The van der Waals surface area contributed by atoms with Crippen LogP contribution in [0, 0.1) is 5.92 Å². The molecule has 0 aromatic heterocycles. The summed E-state index contributed by atoms with van der Waals surface area (Å²) in [4.78, 5) is 0. The molecule has 1 saturated carbocycles. The predicted molar refractivity (Wildman–Crippen MR) is 79.2 cm³/mol. The lowest BCUT2D eigenvalue weighted by molar-refractivity contribution is 0.400. The monoisotopic (exact) mass is 291 g/mol. The molecular formula is C13H29N3O2S. The molecule has 0 aliphatic heterocycles. The second-order valence-corrected chi connectivity index (χ2v) is 7.51. The molecule has 0 saturated heterocycles. The van der Waals surface area contributed by atoms with E-state index in [4.69, 9.17) is 0 Å². The molecule has 0 aromatic rings. The van der Waals surface area contributed by atoms with E-state index in [2.05, 4.69) is 23.9 Å². The van der Waals surface area contributed by atoms with Gasteiger partial charge < -0.3 is 5.32 Å². The first kappa shape index (κ1) is 16.9. The van der Waals surface area contributed by atoms with Crippen molar-refractivity contribution in [1.29, 1.82) is 0 Å². The van der Waals surface area contributed by atoms with Crippen molar-refractivity contribution in [3.05, 3.63) is 0 Å². The third kappa shape index (κ3) is 6.21. The number of nitrogens with one attached hydrogen (secondary N) is 2. The van der Waals surface area contributed by atoms with Gasteiger partial charge in [0, 0.05) is 25.7 Å². The van der Waals surface area contributed by atoms with Crippen LogP contribution in [0.2, 0.25) is 0 Å². The summed E-state index contributed by atoms with van der Waals surface area (Å²) >= 11 is 0. The summed E-state index contributed by atoms with van der Waals surface area (Å²) in [6.07, 6.45) is 4.36. The second-order valence-electron chi connectivity index (χ2n) is 5.70. The second kappa shape index (κ2) is 7.57. The highest BCUT2D eigenvalue weighted by Crippen LogP contribution is 2.18. The Morgan fingerprint density at radius 3 is 2.47 bits per heavy atom. The minimum atomic E-state index is -3.34. The molecule has 1 rings (SSSR count). The highest BCUT2D eigenvalue weighted by molar-refractivity contribution is 7.87. The van der Waals surface area contributed by atoms with Gasteiger partial charge in [0.2, 0.25) is 0 Å². The maximum absolute atomic E-state index is 12.1. The van der Waals surface area contributed by atoms with Crippen LogP contribution in [0.5, 0.6) is 0 Å². The van der Waals surface area contributed by atoms with Gasteiger partial charge in [0.15, 0.2) is 0 Å². The lowest BCUT2D eigenvalue weighted by atomic mass is 10.0. The van der Waals surface area contributed by atoms with Gasteiger partial charge in [0.05, 0.1) is 0 Å². The van der Waals surface area contributed by atoms with Gasteiger partial charge in [-0.05, 0) is 38.6 Å². The molecule has 2 unspecified atom stereocenters. The predicted octanol–water partition coefficient (Wildman–Crippen LogP) is 1.33. The fraction of sp³-hybridized carbons (Fsp3) is 1.00. The molecule has 0 amide bonds. The Labute approximate surface area is 118 Å². The average Bonchev–Trinajstić information content (AvgIpc) is 3.16. The molecule has 1 fully saturated rings. The summed E-state index contributed by atoms with van der Waals surface area (Å²) in [5.74, 6) is 0.347. The van der Waals surface area contributed by atoms with Crippen molar-refractivity contribution in [3.63, 3.8) is 0 Å². The molecule has 19 heavy (non-hydrogen) atoms. The summed E-state index contributed by atoms with van der Waals surface area (Å²) in [6, 6.07) is 0.660. The van der Waals surface area contributed by atoms with Crippen LogP contribution in [0.25, 0.3) is 0 Å². The molecule has 0 heterocycles. The first-order valence-corrected chi connectivity index (χ1v) is 8.77. The Kier molecular flexibility index (Phi) is 6.73. The Morgan fingerprint density at radius 2 is 1.95 bits per heavy atom. The van der Waals surface area contributed by atoms with Crippen LogP contribution in [0.3, 0.4) is 0 Å². The van der Waals surface area contributed by atoms with Crippen molar-refractivity contribution in [3.8, 4) is 0 Å². The minimum Gasteiger partial charge on any atom is -0.314 e. The van der Waals surface area contributed by atoms with Crippen LogP contribution in [0.1, 0.15) is 46.5 Å². The largest absolute Gasteiger partial charge is 0.314 e. The van der Waals surface area contributed by atoms with E-state index in [9.17, 15) is 8.42 Å². The van der Waals surface area contributed by atoms with Gasteiger partial charge in [-0.1, -0.05) is 20.3 Å². The molecule has 2 N–H and O–H groups in total. The Morgan fingerprint density at radius 1 is 1.32 bits per heavy atom. The molecule has 0 aromatic carbocycles. The van der Waals surface area contributed by atoms with Gasteiger partial charge in [-0.25, -0.2) is 0 Å². The molecule has 5 nitrogen and oxygen atoms in total. The van der Waals surface area contributed by atoms with E-state index in [0.717, 1.165) is 19.4 Å². The van der Waals surface area contributed by atoms with E-state index in [-0.39, 0.29) is 6.04 Å². The van der Waals surface area contributed by atoms with E-state index in [1.165, 1.54) is 17.1 Å². The fourth-order valence-corrected chi connectivity index (χ4v) is 3.06. The van der Waals surface area contributed by atoms with E-state index in [1.54, 1.807) is 7.05 Å². The molecule has 0 spiro atoms. The molecule has 0 radical (unpaired) electrons. The Hall–Kier alpha value is -0.170. The van der Waals surface area contributed by atoms with Gasteiger partial charge in [0.1, 0.15) is 0 Å². The molecule has 1 aliphatic rings. The molecule has 6 heteroatoms. The van der Waals surface area contributed by atoms with Gasteiger partial charge in [0.25, 0.3) is 10.2 Å². The fourth-order valence-electron chi connectivity index (χ4n) is 1.81. The Bertz CT molecular complexity index is 355. The van der Waals surface area contributed by atoms with Crippen LogP contribution < -0.4 is 10.0 Å². The SMILES string of the molecule is CCC(C)C(C)NS(=O)(=O)N(C)CCCNC1CC1. The summed E-state index contributed by atoms with van der Waals surface area (Å²) < 4.78 is 28.4. The van der Waals surface area contributed by atoms with E-state index >= 15 is 0 Å². The highest BCUT2D eigenvalue weighted by Gasteiger charge is 2.23. The summed E-state index contributed by atoms with van der Waals surface area (Å²) in [5, 5.41) is 3.39. The average molecular weight is 291 g/mol. The smallest absolute Gasteiger partial charge is 0.279 e. The molecular weight excluding hydrogens is 262 g/mol. The van der Waals surface area contributed by atoms with E-state index in [0.29, 0.717) is 18.5 Å². The van der Waals surface area contributed by atoms with Crippen molar-refractivity contribution < 1.29 is 8.42 Å². The lowest BCUT2D eigenvalue weighted by Gasteiger charge is -2.24. The molecule has 114 valence electrons. The zero-order valence-corrected chi connectivity index (χ0v) is 13.5. The van der Waals surface area contributed by atoms with Crippen LogP contribution in [0.15, 0.2) is 0 Å². The molecule has 1 aliphatic carbocycles. The number of hydrogen-bond acceptors (Lipinski definition) is 3. The summed E-state index contributed by atoms with van der Waals surface area (Å²) in [7, 11) is -1.70. The van der Waals surface area contributed by atoms with Crippen molar-refractivity contribution in [1.82, 2.24) is 14.3 Å². The third-order valence-corrected chi connectivity index (χ3v) is 5.58. The van der Waals surface area contributed by atoms with Crippen LogP contribution in [-0.4, -0.2) is 44.9 Å². The zero-order valence-electron chi connectivity index (χ0n) is 12.6. The first-order chi connectivity index (χ1) is 8.86. The van der Waals surface area contributed by atoms with Gasteiger partial charge in [-0.15, -0.1) is 0 Å². The maximum Gasteiger partial charge on any atom is 0.279 e. The first-order valence-electron chi connectivity index (χ1n) is 7.33. The molecule has 2 atom stereocenters. The van der Waals surface area contributed by atoms with Crippen molar-refractivity contribution in [2.45, 2.75) is 58.5 Å². The number of nitrogens with zero attached hydrogens (tertiary/aromatic N) is 1. The summed E-state index contributed by atoms with van der Waals surface area (Å²) in [5.41, 5.74) is 0. The number of hydrogen-bond donors (Lipinski definition) is 2. The lowest BCUT2D eigenvalue weighted by Crippen LogP contribution is -2.45. The Balaban J connectivity index is 2.28. The van der Waals surface area contributed by atoms with Crippen molar-refractivity contribution in [2.75, 3.05) is 20.1 Å². The molecule has 0 bridgehead atoms. The number of rotatable bonds is 10. The van der Waals surface area contributed by atoms with E-state index < -0.39 is 10.2 Å². The maximum atomic E-state index is 12.1. The van der Waals surface area contributed by atoms with Crippen molar-refractivity contribution in [2.24, 2.45) is 5.92 Å². The topological polar surface area (TPSA) is 61.4 Å². The third-order valence-electron chi connectivity index (χ3n) is 3.90. The minimum absolute atomic E-state index is 0.0259. The normalized spacial score (nSPS) is 19.6. The van der Waals surface area contributed by atoms with Gasteiger partial charge >= 0.3 is 0 Å². The standard InChI is InChI=1S/C13H29N3O2S/c1-5-11(2)12(3)15-19(17,18)16(4)10-6-9-14-13-7-8-13/h11-15H,5-10H2,1-4H3. The summed E-state index contributed by atoms with van der Waals surface area (Å²) in [6.45, 7) is 7.51. The van der Waals surface area contributed by atoms with Gasteiger partial charge in [-0.3, -0.25) is 0 Å². The van der Waals surface area contributed by atoms with Crippen LogP contribution >= 0.6 is 0 Å². The van der Waals surface area contributed by atoms with Crippen molar-refractivity contribution >= 4 is 10.2 Å². The van der Waals surface area contributed by atoms with Crippen LogP contribution in [-0.2, 0) is 10.2 Å². The quantitative estimate of drug-likeness (QED) is 0.597. The van der Waals surface area contributed by atoms with Crippen LogP contribution in [0.4, 0.5) is 0 Å². The van der Waals surface area contributed by atoms with Gasteiger partial charge in [-0.2, -0.15) is 17.4 Å². The van der Waals surface area contributed by atoms with E-state index in [1.807, 2.05) is 6.92 Å². The zero-order chi connectivity index (χ0) is 14.5.